The van der Waals surface area contributed by atoms with E-state index in [1.807, 2.05) is 23.6 Å². The number of hydrogen-bond donors (Lipinski definition) is 0. The molecule has 2 fully saturated rings. The van der Waals surface area contributed by atoms with Crippen LogP contribution in [0.3, 0.4) is 0 Å². The minimum Gasteiger partial charge on any atom is -0.339 e. The maximum Gasteiger partial charge on any atom is 0.416 e. The molecule has 1 aromatic rings. The van der Waals surface area contributed by atoms with Gasteiger partial charge >= 0.3 is 6.18 Å². The maximum absolute atomic E-state index is 14.3. The van der Waals surface area contributed by atoms with Gasteiger partial charge in [-0.2, -0.15) is 13.2 Å². The van der Waals surface area contributed by atoms with Crippen molar-refractivity contribution in [3.05, 3.63) is 35.1 Å². The van der Waals surface area contributed by atoms with Crippen LogP contribution >= 0.6 is 0 Å². The first-order valence-corrected chi connectivity index (χ1v) is 9.07. The molecule has 2 aliphatic heterocycles. The van der Waals surface area contributed by atoms with Crippen molar-refractivity contribution in [2.24, 2.45) is 0 Å². The molecule has 1 aromatic carbocycles. The van der Waals surface area contributed by atoms with Crippen LogP contribution < -0.4 is 0 Å². The van der Waals surface area contributed by atoms with Crippen molar-refractivity contribution in [1.29, 1.82) is 0 Å². The monoisotopic (exact) mass is 372 g/mol. The van der Waals surface area contributed by atoms with Crippen LogP contribution in [0, 0.1) is 5.82 Å². The van der Waals surface area contributed by atoms with Gasteiger partial charge in [0.2, 0.25) is 5.91 Å². The molecule has 2 saturated heterocycles. The number of alkyl halides is 3. The first-order chi connectivity index (χ1) is 12.1. The van der Waals surface area contributed by atoms with Gasteiger partial charge in [0, 0.05) is 24.7 Å². The van der Waals surface area contributed by atoms with Gasteiger partial charge in [0.05, 0.1) is 5.56 Å². The molecule has 0 aliphatic carbocycles. The van der Waals surface area contributed by atoms with Gasteiger partial charge in [-0.3, -0.25) is 9.69 Å². The van der Waals surface area contributed by atoms with Crippen LogP contribution in [0.15, 0.2) is 18.2 Å². The Morgan fingerprint density at radius 3 is 2.38 bits per heavy atom. The molecule has 7 heteroatoms. The Kier molecular flexibility index (Phi) is 5.03. The third-order valence-corrected chi connectivity index (χ3v) is 5.64. The lowest BCUT2D eigenvalue weighted by molar-refractivity contribution is -0.149. The number of nitrogens with zero attached hydrogens (tertiary/aromatic N) is 2. The minimum absolute atomic E-state index is 0.0727. The van der Waals surface area contributed by atoms with Crippen LogP contribution in [0.1, 0.15) is 50.7 Å². The quantitative estimate of drug-likeness (QED) is 0.742. The first-order valence-electron chi connectivity index (χ1n) is 9.07. The zero-order valence-electron chi connectivity index (χ0n) is 15.1. The second-order valence-corrected chi connectivity index (χ2v) is 7.56. The van der Waals surface area contributed by atoms with Gasteiger partial charge in [0.1, 0.15) is 11.4 Å². The Labute approximate surface area is 151 Å². The third kappa shape index (κ3) is 3.33. The van der Waals surface area contributed by atoms with Gasteiger partial charge < -0.3 is 4.90 Å². The predicted octanol–water partition coefficient (Wildman–Crippen LogP) is 4.21. The summed E-state index contributed by atoms with van der Waals surface area (Å²) >= 11 is 0. The van der Waals surface area contributed by atoms with E-state index in [2.05, 4.69) is 0 Å². The summed E-state index contributed by atoms with van der Waals surface area (Å²) in [5.74, 6) is -0.797. The Hall–Kier alpha value is -1.63. The zero-order valence-corrected chi connectivity index (χ0v) is 15.1. The van der Waals surface area contributed by atoms with Crippen LogP contribution in [0.5, 0.6) is 0 Å². The Morgan fingerprint density at radius 1 is 1.15 bits per heavy atom. The van der Waals surface area contributed by atoms with E-state index in [1.54, 1.807) is 0 Å². The molecule has 3 rings (SSSR count). The van der Waals surface area contributed by atoms with E-state index < -0.39 is 23.1 Å². The lowest BCUT2D eigenvalue weighted by atomic mass is 9.84. The number of halogens is 4. The molecule has 0 aromatic heterocycles. The summed E-state index contributed by atoms with van der Waals surface area (Å²) in [7, 11) is 0. The smallest absolute Gasteiger partial charge is 0.339 e. The van der Waals surface area contributed by atoms with E-state index in [0.717, 1.165) is 38.3 Å². The second-order valence-electron chi connectivity index (χ2n) is 7.56. The zero-order chi connectivity index (χ0) is 19.1. The van der Waals surface area contributed by atoms with Gasteiger partial charge in [-0.05, 0) is 58.2 Å². The molecule has 0 bridgehead atoms. The number of amides is 1. The fraction of sp³-hybridized carbons (Fsp3) is 0.632. The van der Waals surface area contributed by atoms with Gasteiger partial charge in [-0.25, -0.2) is 4.39 Å². The Bertz CT molecular complexity index is 689. The number of benzene rings is 1. The van der Waals surface area contributed by atoms with Crippen molar-refractivity contribution in [2.45, 2.75) is 63.8 Å². The highest BCUT2D eigenvalue weighted by atomic mass is 19.4. The number of carbonyl (C=O) groups excluding carboxylic acids is 1. The van der Waals surface area contributed by atoms with Gasteiger partial charge in [0.25, 0.3) is 0 Å². The molecule has 0 saturated carbocycles. The average Bonchev–Trinajstić information content (AvgIpc) is 2.94. The van der Waals surface area contributed by atoms with Crippen LogP contribution in [0.2, 0.25) is 0 Å². The van der Waals surface area contributed by atoms with Crippen LogP contribution in [0.4, 0.5) is 17.6 Å². The molecule has 1 atom stereocenters. The molecule has 26 heavy (non-hydrogen) atoms. The average molecular weight is 372 g/mol. The van der Waals surface area contributed by atoms with Crippen molar-refractivity contribution in [3.8, 4) is 0 Å². The fourth-order valence-corrected chi connectivity index (χ4v) is 4.26. The third-order valence-electron chi connectivity index (χ3n) is 5.64. The SMILES string of the molecule is CC(C)N1CCCC2(CCCN2Cc2ccc(C(F)(F)F)cc2F)C1=O. The molecule has 1 unspecified atom stereocenters. The van der Waals surface area contributed by atoms with E-state index in [9.17, 15) is 22.4 Å². The normalized spacial score (nSPS) is 24.9. The summed E-state index contributed by atoms with van der Waals surface area (Å²) in [6.07, 6.45) is -1.41. The molecule has 0 N–H and O–H groups in total. The van der Waals surface area contributed by atoms with Crippen molar-refractivity contribution in [3.63, 3.8) is 0 Å². The maximum atomic E-state index is 14.3. The molecule has 1 spiro atoms. The molecule has 3 nitrogen and oxygen atoms in total. The van der Waals surface area contributed by atoms with E-state index in [1.165, 1.54) is 6.07 Å². The Balaban J connectivity index is 1.84. The van der Waals surface area contributed by atoms with Crippen molar-refractivity contribution in [2.75, 3.05) is 13.1 Å². The number of piperidine rings is 1. The van der Waals surface area contributed by atoms with E-state index >= 15 is 0 Å². The standard InChI is InChI=1S/C19H24F4N2O/c1-13(2)25-10-4-8-18(17(25)26)7-3-9-24(18)12-14-5-6-15(11-16(14)20)19(21,22)23/h5-6,11,13H,3-4,7-10,12H2,1-2H3. The van der Waals surface area contributed by atoms with Crippen LogP contribution in [0.25, 0.3) is 0 Å². The molecular formula is C19H24F4N2O. The van der Waals surface area contributed by atoms with Gasteiger partial charge in [-0.15, -0.1) is 0 Å². The molecule has 0 radical (unpaired) electrons. The summed E-state index contributed by atoms with van der Waals surface area (Å²) in [6.45, 7) is 5.48. The molecular weight excluding hydrogens is 348 g/mol. The van der Waals surface area contributed by atoms with Gasteiger partial charge in [0.15, 0.2) is 0 Å². The summed E-state index contributed by atoms with van der Waals surface area (Å²) in [6, 6.07) is 2.74. The second kappa shape index (κ2) is 6.83. The highest BCUT2D eigenvalue weighted by Gasteiger charge is 2.51. The lowest BCUT2D eigenvalue weighted by Crippen LogP contribution is -2.61. The topological polar surface area (TPSA) is 23.6 Å². The van der Waals surface area contributed by atoms with E-state index in [4.69, 9.17) is 0 Å². The summed E-state index contributed by atoms with van der Waals surface area (Å²) in [4.78, 5) is 16.9. The molecule has 1 amide bonds. The highest BCUT2D eigenvalue weighted by Crippen LogP contribution is 2.40. The van der Waals surface area contributed by atoms with Crippen molar-refractivity contribution < 1.29 is 22.4 Å². The predicted molar refractivity (Wildman–Crippen MR) is 89.9 cm³/mol. The van der Waals surface area contributed by atoms with Gasteiger partial charge in [-0.1, -0.05) is 6.07 Å². The summed E-state index contributed by atoms with van der Waals surface area (Å²) in [5, 5.41) is 0. The number of rotatable bonds is 3. The van der Waals surface area contributed by atoms with Crippen molar-refractivity contribution in [1.82, 2.24) is 9.80 Å². The number of likely N-dealkylation sites (tertiary alicyclic amines) is 2. The summed E-state index contributed by atoms with van der Waals surface area (Å²) in [5.41, 5.74) is -1.43. The minimum atomic E-state index is -4.56. The number of carbonyl (C=O) groups is 1. The van der Waals surface area contributed by atoms with Crippen LogP contribution in [-0.4, -0.2) is 40.4 Å². The number of hydrogen-bond acceptors (Lipinski definition) is 2. The Morgan fingerprint density at radius 2 is 1.81 bits per heavy atom. The van der Waals surface area contributed by atoms with E-state index in [0.29, 0.717) is 12.6 Å². The molecule has 2 aliphatic rings. The van der Waals surface area contributed by atoms with Crippen molar-refractivity contribution >= 4 is 5.91 Å². The highest BCUT2D eigenvalue weighted by molar-refractivity contribution is 5.87. The summed E-state index contributed by atoms with van der Waals surface area (Å²) < 4.78 is 52.5. The largest absolute Gasteiger partial charge is 0.416 e. The first kappa shape index (κ1) is 19.1. The molecule has 2 heterocycles. The van der Waals surface area contributed by atoms with Crippen LogP contribution in [-0.2, 0) is 17.5 Å². The van der Waals surface area contributed by atoms with E-state index in [-0.39, 0.29) is 24.1 Å². The lowest BCUT2D eigenvalue weighted by Gasteiger charge is -2.46. The fourth-order valence-electron chi connectivity index (χ4n) is 4.26. The molecule has 144 valence electrons.